The van der Waals surface area contributed by atoms with E-state index in [-0.39, 0.29) is 16.3 Å². The van der Waals surface area contributed by atoms with E-state index < -0.39 is 0 Å². The predicted octanol–water partition coefficient (Wildman–Crippen LogP) is 1.37. The Labute approximate surface area is 84.3 Å². The molecule has 2 atom stereocenters. The van der Waals surface area contributed by atoms with Gasteiger partial charge in [-0.15, -0.1) is 0 Å². The third kappa shape index (κ3) is 1.51. The Balaban J connectivity index is 2.07. The molecule has 0 aromatic heterocycles. The molecule has 2 aliphatic rings. The van der Waals surface area contributed by atoms with Crippen LogP contribution >= 0.6 is 11.8 Å². The van der Waals surface area contributed by atoms with Crippen molar-refractivity contribution >= 4 is 11.8 Å². The van der Waals surface area contributed by atoms with Crippen molar-refractivity contribution in [1.29, 1.82) is 0 Å². The summed E-state index contributed by atoms with van der Waals surface area (Å²) >= 11 is 1.93. The second-order valence-electron chi connectivity index (χ2n) is 4.73. The molecule has 0 bridgehead atoms. The molecule has 0 aromatic rings. The molecule has 2 fully saturated rings. The maximum Gasteiger partial charge on any atom is 0.0752 e. The van der Waals surface area contributed by atoms with Crippen LogP contribution in [0, 0.1) is 5.41 Å². The van der Waals surface area contributed by atoms with Gasteiger partial charge in [-0.1, -0.05) is 0 Å². The first-order valence-electron chi connectivity index (χ1n) is 5.15. The van der Waals surface area contributed by atoms with Crippen LogP contribution in [-0.4, -0.2) is 28.3 Å². The minimum atomic E-state index is -0.183. The maximum absolute atomic E-state index is 10.3. The minimum absolute atomic E-state index is 0.0894. The molecule has 0 amide bonds. The second kappa shape index (κ2) is 3.14. The van der Waals surface area contributed by atoms with E-state index in [4.69, 9.17) is 5.73 Å². The SMILES string of the molecule is CC1(C(O)C2(CN)CC2)CCCS1. The van der Waals surface area contributed by atoms with Gasteiger partial charge in [0.05, 0.1) is 6.10 Å². The number of rotatable bonds is 3. The highest BCUT2D eigenvalue weighted by atomic mass is 32.2. The molecule has 3 N–H and O–H groups in total. The lowest BCUT2D eigenvalue weighted by Gasteiger charge is -2.34. The summed E-state index contributed by atoms with van der Waals surface area (Å²) in [5.41, 5.74) is 5.82. The lowest BCUT2D eigenvalue weighted by atomic mass is 9.86. The zero-order chi connectivity index (χ0) is 9.53. The molecule has 1 aliphatic heterocycles. The van der Waals surface area contributed by atoms with Crippen molar-refractivity contribution in [1.82, 2.24) is 0 Å². The van der Waals surface area contributed by atoms with Crippen LogP contribution in [0.1, 0.15) is 32.6 Å². The van der Waals surface area contributed by atoms with Crippen LogP contribution in [0.5, 0.6) is 0 Å². The minimum Gasteiger partial charge on any atom is -0.391 e. The normalized spacial score (nSPS) is 39.0. The number of aliphatic hydroxyl groups excluding tert-OH is 1. The average Bonchev–Trinajstić information content (AvgIpc) is 2.82. The maximum atomic E-state index is 10.3. The predicted molar refractivity (Wildman–Crippen MR) is 56.8 cm³/mol. The highest BCUT2D eigenvalue weighted by Gasteiger charge is 2.55. The lowest BCUT2D eigenvalue weighted by molar-refractivity contribution is 0.0626. The van der Waals surface area contributed by atoms with Gasteiger partial charge in [0.25, 0.3) is 0 Å². The van der Waals surface area contributed by atoms with Crippen LogP contribution in [-0.2, 0) is 0 Å². The molecule has 0 radical (unpaired) electrons. The molecule has 2 rings (SSSR count). The Morgan fingerprint density at radius 2 is 2.15 bits per heavy atom. The van der Waals surface area contributed by atoms with Gasteiger partial charge in [0, 0.05) is 16.7 Å². The van der Waals surface area contributed by atoms with Gasteiger partial charge in [-0.2, -0.15) is 11.8 Å². The smallest absolute Gasteiger partial charge is 0.0752 e. The molecule has 2 unspecified atom stereocenters. The Morgan fingerprint density at radius 3 is 2.54 bits per heavy atom. The summed E-state index contributed by atoms with van der Waals surface area (Å²) in [6.45, 7) is 2.86. The van der Waals surface area contributed by atoms with Crippen molar-refractivity contribution in [2.75, 3.05) is 12.3 Å². The topological polar surface area (TPSA) is 46.2 Å². The Morgan fingerprint density at radius 1 is 1.46 bits per heavy atom. The summed E-state index contributed by atoms with van der Waals surface area (Å²) in [7, 11) is 0. The largest absolute Gasteiger partial charge is 0.391 e. The van der Waals surface area contributed by atoms with Crippen molar-refractivity contribution in [2.24, 2.45) is 11.1 Å². The quantitative estimate of drug-likeness (QED) is 0.725. The molecule has 0 spiro atoms. The fourth-order valence-corrected chi connectivity index (χ4v) is 3.87. The van der Waals surface area contributed by atoms with Gasteiger partial charge < -0.3 is 10.8 Å². The zero-order valence-corrected chi connectivity index (χ0v) is 9.07. The molecule has 1 saturated heterocycles. The van der Waals surface area contributed by atoms with Crippen LogP contribution < -0.4 is 5.73 Å². The number of hydrogen-bond acceptors (Lipinski definition) is 3. The number of hydrogen-bond donors (Lipinski definition) is 2. The molecule has 2 nitrogen and oxygen atoms in total. The van der Waals surface area contributed by atoms with E-state index in [2.05, 4.69) is 6.92 Å². The van der Waals surface area contributed by atoms with E-state index in [0.717, 1.165) is 19.3 Å². The fraction of sp³-hybridized carbons (Fsp3) is 1.00. The molecule has 76 valence electrons. The summed E-state index contributed by atoms with van der Waals surface area (Å²) < 4.78 is 0.0931. The van der Waals surface area contributed by atoms with Crippen molar-refractivity contribution in [3.8, 4) is 0 Å². The molecular weight excluding hydrogens is 182 g/mol. The van der Waals surface area contributed by atoms with Crippen LogP contribution in [0.2, 0.25) is 0 Å². The Kier molecular flexibility index (Phi) is 2.37. The number of aliphatic hydroxyl groups is 1. The fourth-order valence-electron chi connectivity index (χ4n) is 2.41. The van der Waals surface area contributed by atoms with Gasteiger partial charge in [-0.05, 0) is 38.4 Å². The Hall–Kier alpha value is 0.270. The van der Waals surface area contributed by atoms with E-state index in [9.17, 15) is 5.11 Å². The van der Waals surface area contributed by atoms with Gasteiger partial charge in [-0.25, -0.2) is 0 Å². The van der Waals surface area contributed by atoms with Gasteiger partial charge in [0.15, 0.2) is 0 Å². The molecular formula is C10H19NOS. The van der Waals surface area contributed by atoms with Crippen molar-refractivity contribution in [3.63, 3.8) is 0 Å². The van der Waals surface area contributed by atoms with E-state index >= 15 is 0 Å². The summed E-state index contributed by atoms with van der Waals surface area (Å²) in [5, 5.41) is 10.3. The summed E-state index contributed by atoms with van der Waals surface area (Å²) in [5.74, 6) is 1.20. The van der Waals surface area contributed by atoms with Crippen molar-refractivity contribution in [2.45, 2.75) is 43.5 Å². The monoisotopic (exact) mass is 201 g/mol. The molecule has 1 aliphatic carbocycles. The van der Waals surface area contributed by atoms with E-state index in [0.29, 0.717) is 6.54 Å². The standard InChI is InChI=1S/C10H19NOS/c1-9(3-2-6-13-9)8(12)10(7-11)4-5-10/h8,12H,2-7,11H2,1H3. The van der Waals surface area contributed by atoms with E-state index in [1.54, 1.807) is 0 Å². The van der Waals surface area contributed by atoms with Crippen LogP contribution in [0.4, 0.5) is 0 Å². The van der Waals surface area contributed by atoms with Crippen LogP contribution in [0.25, 0.3) is 0 Å². The lowest BCUT2D eigenvalue weighted by Crippen LogP contribution is -2.44. The number of thioether (sulfide) groups is 1. The first-order chi connectivity index (χ1) is 6.13. The van der Waals surface area contributed by atoms with Crippen molar-refractivity contribution in [3.05, 3.63) is 0 Å². The third-order valence-corrected chi connectivity index (χ3v) is 5.29. The molecule has 13 heavy (non-hydrogen) atoms. The third-order valence-electron chi connectivity index (χ3n) is 3.71. The summed E-state index contributed by atoms with van der Waals surface area (Å²) in [6, 6.07) is 0. The van der Waals surface area contributed by atoms with E-state index in [1.807, 2.05) is 11.8 Å². The Bertz CT molecular complexity index is 197. The van der Waals surface area contributed by atoms with Gasteiger partial charge in [-0.3, -0.25) is 0 Å². The summed E-state index contributed by atoms with van der Waals surface area (Å²) in [6.07, 6.45) is 4.47. The zero-order valence-electron chi connectivity index (χ0n) is 8.25. The highest BCUT2D eigenvalue weighted by Crippen LogP contribution is 2.55. The molecule has 1 heterocycles. The number of nitrogens with two attached hydrogens (primary N) is 1. The highest BCUT2D eigenvalue weighted by molar-refractivity contribution is 8.00. The second-order valence-corrected chi connectivity index (χ2v) is 6.36. The molecule has 0 aromatic carbocycles. The van der Waals surface area contributed by atoms with Gasteiger partial charge >= 0.3 is 0 Å². The van der Waals surface area contributed by atoms with E-state index in [1.165, 1.54) is 12.2 Å². The van der Waals surface area contributed by atoms with Crippen LogP contribution in [0.3, 0.4) is 0 Å². The molecule has 1 saturated carbocycles. The van der Waals surface area contributed by atoms with Crippen LogP contribution in [0.15, 0.2) is 0 Å². The first kappa shape index (κ1) is 9.81. The van der Waals surface area contributed by atoms with Gasteiger partial charge in [0.2, 0.25) is 0 Å². The average molecular weight is 201 g/mol. The first-order valence-corrected chi connectivity index (χ1v) is 6.14. The summed E-state index contributed by atoms with van der Waals surface area (Å²) in [4.78, 5) is 0. The molecule has 3 heteroatoms. The van der Waals surface area contributed by atoms with Gasteiger partial charge in [0.1, 0.15) is 0 Å². The van der Waals surface area contributed by atoms with Crippen molar-refractivity contribution < 1.29 is 5.11 Å².